The molecule has 3 N–H and O–H groups in total. The lowest BCUT2D eigenvalue weighted by Crippen LogP contribution is -2.47. The van der Waals surface area contributed by atoms with Gasteiger partial charge in [0, 0.05) is 73.7 Å². The summed E-state index contributed by atoms with van der Waals surface area (Å²) in [5.74, 6) is -0.287. The van der Waals surface area contributed by atoms with Crippen LogP contribution in [0.5, 0.6) is 11.5 Å². The number of hydrogen-bond donors (Lipinski definition) is 3. The van der Waals surface area contributed by atoms with Crippen molar-refractivity contribution in [3.63, 3.8) is 0 Å². The number of nitriles is 1. The summed E-state index contributed by atoms with van der Waals surface area (Å²) in [6.45, 7) is 11.0. The number of amides is 1. The monoisotopic (exact) mass is 904 g/mol. The molecule has 1 amide bonds. The molecule has 0 spiro atoms. The molecular weight excluding hydrogens is 852 g/mol. The van der Waals surface area contributed by atoms with Crippen molar-refractivity contribution in [1.29, 1.82) is 5.26 Å². The number of nitro groups is 1. The van der Waals surface area contributed by atoms with Crippen molar-refractivity contribution in [1.82, 2.24) is 19.6 Å². The molecule has 8 rings (SSSR count). The lowest BCUT2D eigenvalue weighted by Gasteiger charge is -2.39. The fraction of sp³-hybridized carbons (Fsp3) is 0.396. The largest absolute Gasteiger partial charge is 0.455 e. The van der Waals surface area contributed by atoms with Gasteiger partial charge in [0.1, 0.15) is 22.8 Å². The molecule has 0 bridgehead atoms. The van der Waals surface area contributed by atoms with Crippen molar-refractivity contribution < 1.29 is 22.9 Å². The number of pyridine rings is 1. The first-order valence-corrected chi connectivity index (χ1v) is 23.6. The molecule has 5 aromatic rings. The Morgan fingerprint density at radius 1 is 1.02 bits per heavy atom. The van der Waals surface area contributed by atoms with E-state index >= 15 is 0 Å². The van der Waals surface area contributed by atoms with E-state index < -0.39 is 31.4 Å². The summed E-state index contributed by atoms with van der Waals surface area (Å²) in [6, 6.07) is 22.7. The lowest BCUT2D eigenvalue weighted by atomic mass is 9.72. The number of aromatic amines is 1. The first kappa shape index (κ1) is 44.6. The number of nitro benzene ring substituents is 1. The van der Waals surface area contributed by atoms with Gasteiger partial charge in [-0.15, -0.1) is 0 Å². The zero-order valence-corrected chi connectivity index (χ0v) is 37.9. The van der Waals surface area contributed by atoms with E-state index in [1.807, 2.05) is 25.1 Å². The minimum atomic E-state index is -4.58. The van der Waals surface area contributed by atoms with Crippen LogP contribution in [-0.2, 0) is 10.0 Å². The molecule has 16 heteroatoms. The van der Waals surface area contributed by atoms with E-state index in [1.165, 1.54) is 41.1 Å². The van der Waals surface area contributed by atoms with Gasteiger partial charge in [0.05, 0.1) is 33.1 Å². The molecule has 0 unspecified atom stereocenters. The second kappa shape index (κ2) is 18.3. The number of hydrogen-bond acceptors (Lipinski definition) is 11. The normalized spacial score (nSPS) is 20.4. The average Bonchev–Trinajstić information content (AvgIpc) is 3.75. The molecule has 0 radical (unpaired) electrons. The molecule has 2 aliphatic carbocycles. The summed E-state index contributed by atoms with van der Waals surface area (Å²) in [5, 5.41) is 26.3. The molecule has 1 saturated carbocycles. The third-order valence-corrected chi connectivity index (χ3v) is 14.7. The van der Waals surface area contributed by atoms with Crippen LogP contribution in [0, 0.1) is 38.2 Å². The number of halogens is 1. The Balaban J connectivity index is 0.989. The first-order valence-electron chi connectivity index (χ1n) is 21.8. The molecular formula is C48H53ClN8O6S. The fourth-order valence-electron chi connectivity index (χ4n) is 9.08. The maximum atomic E-state index is 14.0. The van der Waals surface area contributed by atoms with E-state index in [2.05, 4.69) is 61.9 Å². The number of aromatic nitrogens is 2. The van der Waals surface area contributed by atoms with E-state index in [4.69, 9.17) is 16.3 Å². The number of allylic oxidation sites excluding steroid dienone is 1. The number of piperazine rings is 1. The smallest absolute Gasteiger partial charge is 0.293 e. The highest BCUT2D eigenvalue weighted by Crippen LogP contribution is 2.44. The summed E-state index contributed by atoms with van der Waals surface area (Å²) in [6.07, 6.45) is 9.54. The van der Waals surface area contributed by atoms with E-state index in [-0.39, 0.29) is 33.7 Å². The van der Waals surface area contributed by atoms with Crippen LogP contribution in [0.25, 0.3) is 16.6 Å². The predicted molar refractivity (Wildman–Crippen MR) is 249 cm³/mol. The van der Waals surface area contributed by atoms with E-state index in [9.17, 15) is 28.6 Å². The Kier molecular flexibility index (Phi) is 12.7. The van der Waals surface area contributed by atoms with Crippen molar-refractivity contribution in [2.75, 3.05) is 49.5 Å². The molecule has 3 heterocycles. The number of H-pyrrole nitrogens is 1. The van der Waals surface area contributed by atoms with Gasteiger partial charge in [-0.1, -0.05) is 43.2 Å². The van der Waals surface area contributed by atoms with E-state index in [0.717, 1.165) is 99.8 Å². The van der Waals surface area contributed by atoms with Gasteiger partial charge in [-0.05, 0) is 123 Å². The Hall–Kier alpha value is -5.95. The van der Waals surface area contributed by atoms with Crippen LogP contribution in [0.1, 0.15) is 81.6 Å². The minimum Gasteiger partial charge on any atom is -0.455 e. The number of sulfonamides is 1. The Bertz CT molecular complexity index is 2750. The van der Waals surface area contributed by atoms with Gasteiger partial charge in [-0.3, -0.25) is 19.8 Å². The van der Waals surface area contributed by atoms with Crippen LogP contribution in [0.3, 0.4) is 0 Å². The minimum absolute atomic E-state index is 0.0465. The molecule has 334 valence electrons. The fourth-order valence-corrected chi connectivity index (χ4v) is 10.2. The van der Waals surface area contributed by atoms with Gasteiger partial charge in [0.25, 0.3) is 21.6 Å². The topological polar surface area (TPSA) is 187 Å². The third kappa shape index (κ3) is 10.2. The Morgan fingerprint density at radius 3 is 2.48 bits per heavy atom. The number of fused-ring (bicyclic) bond motifs is 1. The lowest BCUT2D eigenvalue weighted by molar-refractivity contribution is -0.384. The van der Waals surface area contributed by atoms with Gasteiger partial charge in [0.15, 0.2) is 0 Å². The van der Waals surface area contributed by atoms with Crippen LogP contribution in [-0.4, -0.2) is 73.4 Å². The van der Waals surface area contributed by atoms with Crippen molar-refractivity contribution >= 4 is 61.2 Å². The summed E-state index contributed by atoms with van der Waals surface area (Å²) in [4.78, 5) is 37.2. The zero-order valence-electron chi connectivity index (χ0n) is 36.3. The van der Waals surface area contributed by atoms with Crippen LogP contribution in [0.4, 0.5) is 17.1 Å². The highest BCUT2D eigenvalue weighted by Gasteiger charge is 2.33. The number of carbonyl (C=O) groups is 1. The summed E-state index contributed by atoms with van der Waals surface area (Å²) >= 11 is 6.24. The van der Waals surface area contributed by atoms with Crippen LogP contribution < -0.4 is 19.7 Å². The molecule has 2 aromatic heterocycles. The van der Waals surface area contributed by atoms with Gasteiger partial charge in [-0.25, -0.2) is 18.1 Å². The molecule has 64 heavy (non-hydrogen) atoms. The van der Waals surface area contributed by atoms with E-state index in [0.29, 0.717) is 17.9 Å². The molecule has 0 atom stereocenters. The van der Waals surface area contributed by atoms with E-state index in [1.54, 1.807) is 24.4 Å². The van der Waals surface area contributed by atoms with Gasteiger partial charge < -0.3 is 19.9 Å². The molecule has 1 aliphatic heterocycles. The number of anilines is 2. The molecule has 14 nitrogen and oxygen atoms in total. The van der Waals surface area contributed by atoms with Crippen molar-refractivity contribution in [3.05, 3.63) is 117 Å². The average molecular weight is 906 g/mol. The SMILES string of the molecule is CC1(C)CCC(CN2CCN(c3ccc(C(=O)NS(=O)(=O)c4ccc(NCC5CCC(C)(C#N)CC5)c([N+](=O)[O-])c4)c(Oc4cnc5[nH]ccc5c4)c3)CC2)=C(c2ccc(Cl)cc2)C1. The quantitative estimate of drug-likeness (QED) is 0.0754. The van der Waals surface area contributed by atoms with Gasteiger partial charge >= 0.3 is 0 Å². The number of carbonyl (C=O) groups excluding carboxylic acids is 1. The van der Waals surface area contributed by atoms with Crippen molar-refractivity contribution in [3.8, 4) is 17.6 Å². The number of nitrogens with zero attached hydrogens (tertiary/aromatic N) is 5. The predicted octanol–water partition coefficient (Wildman–Crippen LogP) is 9.95. The number of rotatable bonds is 13. The highest BCUT2D eigenvalue weighted by molar-refractivity contribution is 7.90. The van der Waals surface area contributed by atoms with Crippen LogP contribution >= 0.6 is 11.6 Å². The number of ether oxygens (including phenoxy) is 1. The second-order valence-corrected chi connectivity index (χ2v) is 20.5. The maximum absolute atomic E-state index is 14.0. The molecule has 1 saturated heterocycles. The molecule has 2 fully saturated rings. The summed E-state index contributed by atoms with van der Waals surface area (Å²) in [7, 11) is -4.58. The number of benzene rings is 3. The number of nitrogens with one attached hydrogen (secondary N) is 3. The maximum Gasteiger partial charge on any atom is 0.293 e. The molecule has 3 aromatic carbocycles. The van der Waals surface area contributed by atoms with Crippen molar-refractivity contribution in [2.45, 2.75) is 70.6 Å². The standard InChI is InChI=1S/C48H53ClN8O6S/c1-47(2)16-14-35(41(27-47)33-4-6-36(49)7-5-33)30-55-20-22-56(23-21-55)37-8-10-40(44(25-37)63-38-24-34-15-19-51-45(34)53-29-38)46(58)54-64(61,62)39-9-11-42(43(26-39)57(59)60)52-28-32-12-17-48(3,31-50)18-13-32/h4-11,15,19,24-26,29,32,52H,12-14,16-18,20-23,27-28,30H2,1-3H3,(H,51,53)(H,54,58). The molecule has 3 aliphatic rings. The zero-order chi connectivity index (χ0) is 45.2. The van der Waals surface area contributed by atoms with Crippen molar-refractivity contribution in [2.24, 2.45) is 16.7 Å². The summed E-state index contributed by atoms with van der Waals surface area (Å²) < 4.78 is 35.9. The summed E-state index contributed by atoms with van der Waals surface area (Å²) in [5.41, 5.74) is 5.10. The highest BCUT2D eigenvalue weighted by atomic mass is 35.5. The van der Waals surface area contributed by atoms with Gasteiger partial charge in [0.2, 0.25) is 0 Å². The van der Waals surface area contributed by atoms with Gasteiger partial charge in [-0.2, -0.15) is 5.26 Å². The Morgan fingerprint density at radius 2 is 1.77 bits per heavy atom. The second-order valence-electron chi connectivity index (χ2n) is 18.4. The first-order chi connectivity index (χ1) is 30.6. The Labute approximate surface area is 378 Å². The van der Waals surface area contributed by atoms with Crippen LogP contribution in [0.15, 0.2) is 95.7 Å². The third-order valence-electron chi connectivity index (χ3n) is 13.1. The van der Waals surface area contributed by atoms with Crippen LogP contribution in [0.2, 0.25) is 5.02 Å².